The van der Waals surface area contributed by atoms with Crippen molar-refractivity contribution in [1.82, 2.24) is 5.43 Å². The fourth-order valence-corrected chi connectivity index (χ4v) is 2.45. The van der Waals surface area contributed by atoms with Crippen molar-refractivity contribution < 1.29 is 9.59 Å². The molecule has 1 aromatic rings. The van der Waals surface area contributed by atoms with Gasteiger partial charge in [-0.3, -0.25) is 9.59 Å². The molecule has 0 bridgehead atoms. The molecule has 2 rings (SSSR count). The van der Waals surface area contributed by atoms with Gasteiger partial charge in [0.25, 0.3) is 0 Å². The summed E-state index contributed by atoms with van der Waals surface area (Å²) in [6.07, 6.45) is 0.443. The number of carbonyl (C=O) groups is 2. The Bertz CT molecular complexity index is 637. The molecule has 116 valence electrons. The number of benzene rings is 1. The number of carbonyl (C=O) groups excluding carboxylic acids is 2. The molecule has 0 spiro atoms. The highest BCUT2D eigenvalue weighted by atomic mass is 32.1. The molecule has 0 saturated carbocycles. The van der Waals surface area contributed by atoms with E-state index in [0.29, 0.717) is 11.4 Å². The minimum absolute atomic E-state index is 0.0373. The van der Waals surface area contributed by atoms with Gasteiger partial charge in [0.2, 0.25) is 5.91 Å². The lowest BCUT2D eigenvalue weighted by Crippen LogP contribution is -2.31. The number of anilines is 1. The summed E-state index contributed by atoms with van der Waals surface area (Å²) in [6, 6.07) is 7.63. The van der Waals surface area contributed by atoms with Crippen LogP contribution in [0, 0.1) is 11.8 Å². The van der Waals surface area contributed by atoms with Crippen molar-refractivity contribution in [3.63, 3.8) is 0 Å². The van der Waals surface area contributed by atoms with Crippen LogP contribution in [0.2, 0.25) is 0 Å². The monoisotopic (exact) mass is 317 g/mol. The van der Waals surface area contributed by atoms with E-state index in [1.165, 1.54) is 6.92 Å². The summed E-state index contributed by atoms with van der Waals surface area (Å²) in [5.41, 5.74) is 5.17. The van der Waals surface area contributed by atoms with E-state index in [1.807, 2.05) is 31.2 Å². The van der Waals surface area contributed by atoms with Gasteiger partial charge >= 0.3 is 0 Å². The van der Waals surface area contributed by atoms with Gasteiger partial charge in [-0.2, -0.15) is 5.10 Å². The summed E-state index contributed by atoms with van der Waals surface area (Å²) in [5.74, 6) is -0.229. The van der Waals surface area contributed by atoms with Gasteiger partial charge in [0, 0.05) is 18.0 Å². The average molecular weight is 317 g/mol. The first-order valence-corrected chi connectivity index (χ1v) is 7.57. The summed E-state index contributed by atoms with van der Waals surface area (Å²) in [7, 11) is 0. The van der Waals surface area contributed by atoms with Gasteiger partial charge < -0.3 is 5.32 Å². The number of nitrogens with one attached hydrogen (secondary N) is 2. The van der Waals surface area contributed by atoms with Crippen molar-refractivity contribution in [2.24, 2.45) is 16.9 Å². The molecule has 6 heteroatoms. The molecule has 1 aromatic carbocycles. The Hall–Kier alpha value is -2.08. The highest BCUT2D eigenvalue weighted by molar-refractivity contribution is 7.80. The van der Waals surface area contributed by atoms with E-state index in [0.717, 1.165) is 17.0 Å². The van der Waals surface area contributed by atoms with Crippen LogP contribution in [-0.4, -0.2) is 22.4 Å². The van der Waals surface area contributed by atoms with Gasteiger partial charge in [0.1, 0.15) is 5.78 Å². The zero-order valence-corrected chi connectivity index (χ0v) is 13.7. The minimum atomic E-state index is -0.298. The van der Waals surface area contributed by atoms with Crippen molar-refractivity contribution in [3.05, 3.63) is 29.8 Å². The van der Waals surface area contributed by atoms with Gasteiger partial charge in [0.05, 0.1) is 16.6 Å². The molecule has 0 radical (unpaired) electrons. The van der Waals surface area contributed by atoms with E-state index in [4.69, 9.17) is 12.2 Å². The Labute approximate surface area is 135 Å². The summed E-state index contributed by atoms with van der Waals surface area (Å²) in [6.45, 7) is 5.29. The maximum absolute atomic E-state index is 11.3. The molecular formula is C16H19N3O2S. The lowest BCUT2D eigenvalue weighted by molar-refractivity contribution is -0.122. The number of Topliss-reactive ketones (excluding diaryl/α,β-unsaturated/α-hetero) is 1. The number of hydrogen-bond acceptors (Lipinski definition) is 4. The second-order valence-corrected chi connectivity index (χ2v) is 5.98. The average Bonchev–Trinajstić information content (AvgIpc) is 2.47. The minimum Gasteiger partial charge on any atom is -0.349 e. The summed E-state index contributed by atoms with van der Waals surface area (Å²) < 4.78 is 0. The summed E-state index contributed by atoms with van der Waals surface area (Å²) in [5, 5.41) is 7.20. The van der Waals surface area contributed by atoms with Gasteiger partial charge in [0.15, 0.2) is 0 Å². The van der Waals surface area contributed by atoms with E-state index in [1.54, 1.807) is 6.92 Å². The predicted molar refractivity (Wildman–Crippen MR) is 91.0 cm³/mol. The second-order valence-electron chi connectivity index (χ2n) is 5.54. The highest BCUT2D eigenvalue weighted by Crippen LogP contribution is 2.19. The number of amides is 1. The first-order valence-electron chi connectivity index (χ1n) is 7.16. The third-order valence-corrected chi connectivity index (χ3v) is 4.17. The molecule has 1 aliphatic rings. The third kappa shape index (κ3) is 3.76. The molecule has 0 aromatic heterocycles. The van der Waals surface area contributed by atoms with Crippen LogP contribution in [0.1, 0.15) is 32.8 Å². The van der Waals surface area contributed by atoms with Crippen molar-refractivity contribution in [2.75, 3.05) is 5.32 Å². The van der Waals surface area contributed by atoms with E-state index >= 15 is 0 Å². The predicted octanol–water partition coefficient (Wildman–Crippen LogP) is 2.51. The molecule has 5 nitrogen and oxygen atoms in total. The van der Waals surface area contributed by atoms with E-state index < -0.39 is 0 Å². The molecular weight excluding hydrogens is 298 g/mol. The van der Waals surface area contributed by atoms with Crippen LogP contribution in [-0.2, 0) is 9.59 Å². The Morgan fingerprint density at radius 3 is 2.59 bits per heavy atom. The first-order chi connectivity index (χ1) is 10.4. The molecule has 22 heavy (non-hydrogen) atoms. The van der Waals surface area contributed by atoms with Crippen molar-refractivity contribution >= 4 is 40.3 Å². The van der Waals surface area contributed by atoms with E-state index in [9.17, 15) is 9.59 Å². The van der Waals surface area contributed by atoms with Crippen LogP contribution < -0.4 is 10.7 Å². The van der Waals surface area contributed by atoms with Gasteiger partial charge in [-0.25, -0.2) is 5.43 Å². The summed E-state index contributed by atoms with van der Waals surface area (Å²) >= 11 is 5.22. The Balaban J connectivity index is 2.09. The molecule has 0 aliphatic carbocycles. The van der Waals surface area contributed by atoms with Crippen molar-refractivity contribution in [3.8, 4) is 0 Å². The SMILES string of the molecule is CC(=O)C(C)C(=S)Nc1ccc(C2=NNC(=O)CC2C)cc1. The number of ketones is 1. The quantitative estimate of drug-likeness (QED) is 0.837. The molecule has 0 fully saturated rings. The van der Waals surface area contributed by atoms with Gasteiger partial charge in [-0.05, 0) is 31.5 Å². The number of rotatable bonds is 4. The first kappa shape index (κ1) is 16.3. The van der Waals surface area contributed by atoms with E-state index in [-0.39, 0.29) is 23.5 Å². The lowest BCUT2D eigenvalue weighted by Gasteiger charge is -2.19. The van der Waals surface area contributed by atoms with Crippen LogP contribution in [0.5, 0.6) is 0 Å². The van der Waals surface area contributed by atoms with Crippen LogP contribution in [0.4, 0.5) is 5.69 Å². The fraction of sp³-hybridized carbons (Fsp3) is 0.375. The molecule has 2 unspecified atom stereocenters. The Kier molecular flexibility index (Phi) is 5.03. The fourth-order valence-electron chi connectivity index (χ4n) is 2.16. The lowest BCUT2D eigenvalue weighted by atomic mass is 9.94. The van der Waals surface area contributed by atoms with Gasteiger partial charge in [-0.1, -0.05) is 31.3 Å². The van der Waals surface area contributed by atoms with Crippen molar-refractivity contribution in [1.29, 1.82) is 0 Å². The topological polar surface area (TPSA) is 70.6 Å². The van der Waals surface area contributed by atoms with Crippen LogP contribution in [0.3, 0.4) is 0 Å². The van der Waals surface area contributed by atoms with Crippen LogP contribution >= 0.6 is 12.2 Å². The van der Waals surface area contributed by atoms with Crippen LogP contribution in [0.15, 0.2) is 29.4 Å². The van der Waals surface area contributed by atoms with Gasteiger partial charge in [-0.15, -0.1) is 0 Å². The molecule has 0 saturated heterocycles. The second kappa shape index (κ2) is 6.79. The molecule has 1 amide bonds. The standard InChI is InChI=1S/C16H19N3O2S/c1-9-8-14(21)18-19-15(9)12-4-6-13(7-5-12)17-16(22)10(2)11(3)20/h4-7,9-10H,8H2,1-3H3,(H,17,22)(H,18,21). The van der Waals surface area contributed by atoms with E-state index in [2.05, 4.69) is 15.8 Å². The van der Waals surface area contributed by atoms with Crippen LogP contribution in [0.25, 0.3) is 0 Å². The summed E-state index contributed by atoms with van der Waals surface area (Å²) in [4.78, 5) is 23.1. The zero-order valence-electron chi connectivity index (χ0n) is 12.8. The largest absolute Gasteiger partial charge is 0.349 e. The Morgan fingerprint density at radius 1 is 1.41 bits per heavy atom. The maximum atomic E-state index is 11.3. The number of hydrazone groups is 1. The number of hydrogen-bond donors (Lipinski definition) is 2. The van der Waals surface area contributed by atoms with Crippen molar-refractivity contribution in [2.45, 2.75) is 27.2 Å². The molecule has 1 heterocycles. The smallest absolute Gasteiger partial charge is 0.240 e. The number of nitrogens with zero attached hydrogens (tertiary/aromatic N) is 1. The zero-order chi connectivity index (χ0) is 16.3. The maximum Gasteiger partial charge on any atom is 0.240 e. The normalized spacial score (nSPS) is 19.0. The third-order valence-electron chi connectivity index (χ3n) is 3.71. The highest BCUT2D eigenvalue weighted by Gasteiger charge is 2.21. The molecule has 1 aliphatic heterocycles. The number of thiocarbonyl (C=S) groups is 1. The Morgan fingerprint density at radius 2 is 2.05 bits per heavy atom. The molecule has 2 N–H and O–H groups in total. The molecule has 2 atom stereocenters.